The molecule has 0 amide bonds. The number of fused-ring (bicyclic) bond motifs is 2. The van der Waals surface area contributed by atoms with Crippen molar-refractivity contribution in [1.82, 2.24) is 0 Å². The zero-order valence-corrected chi connectivity index (χ0v) is 16.1. The summed E-state index contributed by atoms with van der Waals surface area (Å²) in [6, 6.07) is 8.44. The minimum atomic E-state index is -1.21. The lowest BCUT2D eigenvalue weighted by Gasteiger charge is -2.31. The van der Waals surface area contributed by atoms with Crippen LogP contribution >= 0.6 is 0 Å². The van der Waals surface area contributed by atoms with E-state index in [1.165, 1.54) is 22.3 Å². The van der Waals surface area contributed by atoms with Gasteiger partial charge in [0.25, 0.3) is 0 Å². The summed E-state index contributed by atoms with van der Waals surface area (Å²) < 4.78 is 10.6. The van der Waals surface area contributed by atoms with Crippen LogP contribution in [-0.2, 0) is 19.1 Å². The van der Waals surface area contributed by atoms with Gasteiger partial charge in [0.05, 0.1) is 13.2 Å². The number of esters is 2. The topological polar surface area (TPSA) is 52.6 Å². The molecular weight excluding hydrogens is 328 g/mol. The van der Waals surface area contributed by atoms with Crippen LogP contribution in [0.25, 0.3) is 5.57 Å². The van der Waals surface area contributed by atoms with E-state index in [0.29, 0.717) is 12.8 Å². The summed E-state index contributed by atoms with van der Waals surface area (Å²) in [6.07, 6.45) is 1.77. The summed E-state index contributed by atoms with van der Waals surface area (Å²) >= 11 is 0. The van der Waals surface area contributed by atoms with E-state index in [1.807, 2.05) is 0 Å². The molecule has 4 nitrogen and oxygen atoms in total. The molecule has 2 aliphatic carbocycles. The Morgan fingerprint density at radius 2 is 1.69 bits per heavy atom. The first-order valence-electron chi connectivity index (χ1n) is 9.65. The van der Waals surface area contributed by atoms with Gasteiger partial charge in [0.15, 0.2) is 5.41 Å². The van der Waals surface area contributed by atoms with E-state index < -0.39 is 17.4 Å². The predicted molar refractivity (Wildman–Crippen MR) is 100 cm³/mol. The lowest BCUT2D eigenvalue weighted by Crippen LogP contribution is -2.40. The molecule has 1 unspecified atom stereocenters. The van der Waals surface area contributed by atoms with Crippen molar-refractivity contribution in [2.45, 2.75) is 52.9 Å². The third kappa shape index (κ3) is 2.76. The maximum absolute atomic E-state index is 12.9. The molecule has 0 heterocycles. The van der Waals surface area contributed by atoms with Gasteiger partial charge in [-0.25, -0.2) is 0 Å². The molecule has 3 rings (SSSR count). The Balaban J connectivity index is 2.10. The van der Waals surface area contributed by atoms with Gasteiger partial charge in [-0.15, -0.1) is 0 Å². The van der Waals surface area contributed by atoms with Gasteiger partial charge in [0.2, 0.25) is 0 Å². The van der Waals surface area contributed by atoms with Gasteiger partial charge in [-0.2, -0.15) is 0 Å². The Morgan fingerprint density at radius 3 is 2.27 bits per heavy atom. The quantitative estimate of drug-likeness (QED) is 0.576. The molecule has 1 fully saturated rings. The number of carbonyl (C=O) groups is 2. The highest BCUT2D eigenvalue weighted by molar-refractivity contribution is 6.02. The maximum atomic E-state index is 12.9. The van der Waals surface area contributed by atoms with Crippen molar-refractivity contribution in [1.29, 1.82) is 0 Å². The van der Waals surface area contributed by atoms with E-state index >= 15 is 0 Å². The Labute approximate surface area is 155 Å². The third-order valence-electron chi connectivity index (χ3n) is 5.96. The van der Waals surface area contributed by atoms with E-state index in [2.05, 4.69) is 38.1 Å². The summed E-state index contributed by atoms with van der Waals surface area (Å²) in [7, 11) is 0. The van der Waals surface area contributed by atoms with E-state index in [-0.39, 0.29) is 25.0 Å². The van der Waals surface area contributed by atoms with E-state index in [0.717, 1.165) is 6.42 Å². The Hall–Kier alpha value is -2.10. The van der Waals surface area contributed by atoms with Gasteiger partial charge >= 0.3 is 11.9 Å². The molecule has 1 aromatic carbocycles. The van der Waals surface area contributed by atoms with Crippen LogP contribution in [0.4, 0.5) is 0 Å². The van der Waals surface area contributed by atoms with Crippen LogP contribution in [0.3, 0.4) is 0 Å². The zero-order chi connectivity index (χ0) is 18.9. The van der Waals surface area contributed by atoms with Crippen LogP contribution in [0, 0.1) is 11.3 Å². The van der Waals surface area contributed by atoms with Crippen LogP contribution in [-0.4, -0.2) is 25.2 Å². The number of benzene rings is 1. The average molecular weight is 356 g/mol. The minimum Gasteiger partial charge on any atom is -0.465 e. The van der Waals surface area contributed by atoms with Crippen LogP contribution in [0.2, 0.25) is 0 Å². The lowest BCUT2D eigenvalue weighted by molar-refractivity contribution is -0.171. The Bertz CT molecular complexity index is 728. The van der Waals surface area contributed by atoms with Gasteiger partial charge in [-0.05, 0) is 61.6 Å². The first-order valence-corrected chi connectivity index (χ1v) is 9.65. The third-order valence-corrected chi connectivity index (χ3v) is 5.96. The van der Waals surface area contributed by atoms with Gasteiger partial charge in [0.1, 0.15) is 0 Å². The number of ether oxygens (including phenoxy) is 2. The molecule has 2 aliphatic rings. The van der Waals surface area contributed by atoms with Crippen molar-refractivity contribution >= 4 is 17.5 Å². The van der Waals surface area contributed by atoms with E-state index in [9.17, 15) is 9.59 Å². The lowest BCUT2D eigenvalue weighted by atomic mass is 9.73. The van der Waals surface area contributed by atoms with Crippen molar-refractivity contribution in [2.75, 3.05) is 13.2 Å². The molecule has 0 aromatic heterocycles. The molecule has 0 aliphatic heterocycles. The molecular formula is C22H28O4. The fraction of sp³-hybridized carbons (Fsp3) is 0.545. The van der Waals surface area contributed by atoms with Crippen LogP contribution < -0.4 is 0 Å². The molecule has 1 saturated carbocycles. The predicted octanol–water partition coefficient (Wildman–Crippen LogP) is 4.49. The van der Waals surface area contributed by atoms with E-state index in [1.54, 1.807) is 13.8 Å². The molecule has 2 atom stereocenters. The molecule has 0 saturated heterocycles. The smallest absolute Gasteiger partial charge is 0.323 e. The number of rotatable bonds is 5. The minimum absolute atomic E-state index is 0.175. The number of allylic oxidation sites excluding steroid dienone is 2. The van der Waals surface area contributed by atoms with Gasteiger partial charge in [-0.3, -0.25) is 9.59 Å². The summed E-state index contributed by atoms with van der Waals surface area (Å²) in [4.78, 5) is 25.7. The normalized spacial score (nSPS) is 23.2. The Kier molecular flexibility index (Phi) is 5.22. The fourth-order valence-corrected chi connectivity index (χ4v) is 4.74. The van der Waals surface area contributed by atoms with Crippen molar-refractivity contribution in [3.63, 3.8) is 0 Å². The van der Waals surface area contributed by atoms with Crippen molar-refractivity contribution in [3.8, 4) is 0 Å². The highest BCUT2D eigenvalue weighted by Gasteiger charge is 2.58. The first-order chi connectivity index (χ1) is 12.5. The number of hydrogen-bond donors (Lipinski definition) is 0. The summed E-state index contributed by atoms with van der Waals surface area (Å²) in [6.45, 7) is 8.41. The highest BCUT2D eigenvalue weighted by atomic mass is 16.6. The van der Waals surface area contributed by atoms with Crippen LogP contribution in [0.15, 0.2) is 29.8 Å². The first kappa shape index (κ1) is 18.7. The number of carbonyl (C=O) groups excluding carboxylic acids is 2. The van der Waals surface area contributed by atoms with Crippen molar-refractivity contribution in [3.05, 3.63) is 41.0 Å². The molecule has 26 heavy (non-hydrogen) atoms. The fourth-order valence-electron chi connectivity index (χ4n) is 4.74. The summed E-state index contributed by atoms with van der Waals surface area (Å²) in [5.41, 5.74) is 3.88. The van der Waals surface area contributed by atoms with Gasteiger partial charge in [-0.1, -0.05) is 43.7 Å². The SMILES string of the molecule is CCOC(=O)C1(C(=O)OCC)CC2=C(CC)c3ccccc3[C@H](C)C2C1. The monoisotopic (exact) mass is 356 g/mol. The molecule has 0 bridgehead atoms. The van der Waals surface area contributed by atoms with Crippen molar-refractivity contribution in [2.24, 2.45) is 11.3 Å². The van der Waals surface area contributed by atoms with Gasteiger partial charge in [0, 0.05) is 0 Å². The molecule has 140 valence electrons. The molecule has 1 aromatic rings. The van der Waals surface area contributed by atoms with Crippen LogP contribution in [0.1, 0.15) is 64.0 Å². The van der Waals surface area contributed by atoms with Gasteiger partial charge < -0.3 is 9.47 Å². The van der Waals surface area contributed by atoms with Crippen molar-refractivity contribution < 1.29 is 19.1 Å². The van der Waals surface area contributed by atoms with Crippen LogP contribution in [0.5, 0.6) is 0 Å². The molecule has 4 heteroatoms. The number of hydrogen-bond acceptors (Lipinski definition) is 4. The van der Waals surface area contributed by atoms with E-state index in [4.69, 9.17) is 9.47 Å². The molecule has 0 N–H and O–H groups in total. The second-order valence-electron chi connectivity index (χ2n) is 7.24. The second-order valence-corrected chi connectivity index (χ2v) is 7.24. The molecule has 0 radical (unpaired) electrons. The largest absolute Gasteiger partial charge is 0.465 e. The second kappa shape index (κ2) is 7.26. The maximum Gasteiger partial charge on any atom is 0.323 e. The highest BCUT2D eigenvalue weighted by Crippen LogP contribution is 2.57. The Morgan fingerprint density at radius 1 is 1.08 bits per heavy atom. The summed E-state index contributed by atoms with van der Waals surface area (Å²) in [5.74, 6) is -0.435. The summed E-state index contributed by atoms with van der Waals surface area (Å²) in [5, 5.41) is 0. The molecule has 0 spiro atoms. The zero-order valence-electron chi connectivity index (χ0n) is 16.1. The standard InChI is InChI=1S/C22H28O4/c1-5-15-17-11-9-8-10-16(17)14(4)18-12-22(13-19(15)18,20(23)25-6-2)21(24)26-7-3/h8-11,14,18H,5-7,12-13H2,1-4H3/t14-,18?/m0/s1. The average Bonchev–Trinajstić information content (AvgIpc) is 3.05.